The first-order valence-electron chi connectivity index (χ1n) is 9.23. The molecule has 2 aliphatic heterocycles. The zero-order valence-electron chi connectivity index (χ0n) is 15.3. The molecule has 0 aromatic heterocycles. The zero-order chi connectivity index (χ0) is 17.9. The summed E-state index contributed by atoms with van der Waals surface area (Å²) < 4.78 is 0. The second kappa shape index (κ2) is 7.42. The first-order valence-corrected chi connectivity index (χ1v) is 9.23. The van der Waals surface area contributed by atoms with Gasteiger partial charge in [-0.1, -0.05) is 42.5 Å². The van der Waals surface area contributed by atoms with Gasteiger partial charge in [0.25, 0.3) is 0 Å². The Morgan fingerprint density at radius 3 is 2.56 bits per heavy atom. The average molecular weight is 340 g/mol. The molecule has 0 N–H and O–H groups in total. The van der Waals surface area contributed by atoms with Gasteiger partial charge in [0.1, 0.15) is 0 Å². The van der Waals surface area contributed by atoms with E-state index in [-0.39, 0.29) is 23.1 Å². The van der Waals surface area contributed by atoms with Crippen LogP contribution in [-0.2, 0) is 9.59 Å². The Morgan fingerprint density at radius 1 is 1.24 bits per heavy atom. The van der Waals surface area contributed by atoms with Crippen LogP contribution in [0.2, 0.25) is 0 Å². The predicted octanol–water partition coefficient (Wildman–Crippen LogP) is 3.21. The smallest absolute Gasteiger partial charge is 0.229 e. The van der Waals surface area contributed by atoms with Crippen molar-refractivity contribution in [3.63, 3.8) is 0 Å². The van der Waals surface area contributed by atoms with Crippen molar-refractivity contribution < 1.29 is 9.59 Å². The third-order valence-electron chi connectivity index (χ3n) is 5.79. The van der Waals surface area contributed by atoms with Crippen molar-refractivity contribution in [1.29, 1.82) is 0 Å². The number of benzene rings is 1. The summed E-state index contributed by atoms with van der Waals surface area (Å²) >= 11 is 0. The number of allylic oxidation sites excluding steroid dienone is 1. The Bertz CT molecular complexity index is 645. The van der Waals surface area contributed by atoms with Gasteiger partial charge in [-0.15, -0.1) is 0 Å². The van der Waals surface area contributed by atoms with Gasteiger partial charge in [0.15, 0.2) is 0 Å². The SMILES string of the molecule is C/C=C/CC(=O)N1CCC2(CC1)C[C@H](c1ccccc1)C(=O)N(C)C2. The molecule has 0 radical (unpaired) electrons. The van der Waals surface area contributed by atoms with Crippen LogP contribution in [0.3, 0.4) is 0 Å². The molecule has 1 aromatic carbocycles. The van der Waals surface area contributed by atoms with E-state index in [0.29, 0.717) is 6.42 Å². The Labute approximate surface area is 150 Å². The quantitative estimate of drug-likeness (QED) is 0.793. The predicted molar refractivity (Wildman–Crippen MR) is 99.1 cm³/mol. The van der Waals surface area contributed by atoms with E-state index in [1.54, 1.807) is 0 Å². The van der Waals surface area contributed by atoms with Crippen molar-refractivity contribution in [2.45, 2.75) is 38.5 Å². The number of hydrogen-bond donors (Lipinski definition) is 0. The fourth-order valence-corrected chi connectivity index (χ4v) is 4.32. The Hall–Kier alpha value is -2.10. The molecule has 0 aliphatic carbocycles. The number of carbonyl (C=O) groups excluding carboxylic acids is 2. The second-order valence-electron chi connectivity index (χ2n) is 7.52. The summed E-state index contributed by atoms with van der Waals surface area (Å²) in [4.78, 5) is 28.8. The van der Waals surface area contributed by atoms with Crippen molar-refractivity contribution in [3.05, 3.63) is 48.0 Å². The molecular formula is C21H28N2O2. The van der Waals surface area contributed by atoms with Gasteiger partial charge in [-0.25, -0.2) is 0 Å². The Morgan fingerprint density at radius 2 is 1.92 bits per heavy atom. The van der Waals surface area contributed by atoms with Crippen LogP contribution in [0.5, 0.6) is 0 Å². The number of likely N-dealkylation sites (tertiary alicyclic amines) is 2. The number of hydrogen-bond acceptors (Lipinski definition) is 2. The standard InChI is InChI=1S/C21H28N2O2/c1-3-4-10-19(24)23-13-11-21(12-14-23)15-18(20(25)22(2)16-21)17-8-6-5-7-9-17/h3-9,18H,10-16H2,1-2H3/b4-3+/t18-/m1/s1. The fraction of sp³-hybridized carbons (Fsp3) is 0.524. The van der Waals surface area contributed by atoms with E-state index in [2.05, 4.69) is 12.1 Å². The van der Waals surface area contributed by atoms with Crippen LogP contribution in [-0.4, -0.2) is 48.3 Å². The highest BCUT2D eigenvalue weighted by Gasteiger charge is 2.45. The monoisotopic (exact) mass is 340 g/mol. The van der Waals surface area contributed by atoms with Gasteiger partial charge in [0.2, 0.25) is 11.8 Å². The van der Waals surface area contributed by atoms with Gasteiger partial charge < -0.3 is 9.80 Å². The first kappa shape index (κ1) is 17.7. The number of rotatable bonds is 3. The van der Waals surface area contributed by atoms with Crippen molar-refractivity contribution in [1.82, 2.24) is 9.80 Å². The third kappa shape index (κ3) is 3.78. The topological polar surface area (TPSA) is 40.6 Å². The number of carbonyl (C=O) groups is 2. The van der Waals surface area contributed by atoms with Crippen LogP contribution < -0.4 is 0 Å². The normalized spacial score (nSPS) is 23.4. The number of piperidine rings is 2. The number of likely N-dealkylation sites (N-methyl/N-ethyl adjacent to an activating group) is 1. The van der Waals surface area contributed by atoms with E-state index >= 15 is 0 Å². The lowest BCUT2D eigenvalue weighted by Crippen LogP contribution is -2.53. The molecule has 4 nitrogen and oxygen atoms in total. The lowest BCUT2D eigenvalue weighted by molar-refractivity contribution is -0.142. The Kier molecular flexibility index (Phi) is 5.26. The third-order valence-corrected chi connectivity index (χ3v) is 5.79. The maximum atomic E-state index is 12.7. The summed E-state index contributed by atoms with van der Waals surface area (Å²) in [5, 5.41) is 0. The molecule has 0 unspecified atom stereocenters. The molecule has 3 rings (SSSR count). The molecule has 2 heterocycles. The minimum absolute atomic E-state index is 0.0507. The number of nitrogens with zero attached hydrogens (tertiary/aromatic N) is 2. The van der Waals surface area contributed by atoms with Crippen molar-refractivity contribution in [2.75, 3.05) is 26.7 Å². The fourth-order valence-electron chi connectivity index (χ4n) is 4.32. The number of amides is 2. The summed E-state index contributed by atoms with van der Waals surface area (Å²) in [6.45, 7) is 4.36. The van der Waals surface area contributed by atoms with Crippen LogP contribution in [0.1, 0.15) is 44.1 Å². The van der Waals surface area contributed by atoms with Gasteiger partial charge in [-0.3, -0.25) is 9.59 Å². The maximum absolute atomic E-state index is 12.7. The maximum Gasteiger partial charge on any atom is 0.229 e. The molecule has 1 spiro atoms. The summed E-state index contributed by atoms with van der Waals surface area (Å²) in [6.07, 6.45) is 7.21. The van der Waals surface area contributed by atoms with E-state index in [4.69, 9.17) is 0 Å². The van der Waals surface area contributed by atoms with E-state index < -0.39 is 0 Å². The molecule has 134 valence electrons. The van der Waals surface area contributed by atoms with Crippen molar-refractivity contribution in [2.24, 2.45) is 5.41 Å². The molecule has 4 heteroatoms. The van der Waals surface area contributed by atoms with E-state index in [1.165, 1.54) is 0 Å². The minimum atomic E-state index is -0.0507. The molecule has 2 aliphatic rings. The highest BCUT2D eigenvalue weighted by atomic mass is 16.2. The summed E-state index contributed by atoms with van der Waals surface area (Å²) in [5.74, 6) is 0.390. The minimum Gasteiger partial charge on any atom is -0.345 e. The van der Waals surface area contributed by atoms with Gasteiger partial charge in [0.05, 0.1) is 5.92 Å². The molecule has 2 amide bonds. The van der Waals surface area contributed by atoms with E-state index in [1.807, 2.05) is 54.1 Å². The van der Waals surface area contributed by atoms with Crippen molar-refractivity contribution in [3.8, 4) is 0 Å². The largest absolute Gasteiger partial charge is 0.345 e. The first-order chi connectivity index (χ1) is 12.0. The van der Waals surface area contributed by atoms with Gasteiger partial charge >= 0.3 is 0 Å². The van der Waals surface area contributed by atoms with Gasteiger partial charge in [0, 0.05) is 33.1 Å². The molecule has 2 fully saturated rings. The van der Waals surface area contributed by atoms with Gasteiger partial charge in [-0.2, -0.15) is 0 Å². The second-order valence-corrected chi connectivity index (χ2v) is 7.52. The summed E-state index contributed by atoms with van der Waals surface area (Å²) in [7, 11) is 1.92. The lowest BCUT2D eigenvalue weighted by atomic mass is 9.67. The van der Waals surface area contributed by atoms with Crippen LogP contribution >= 0.6 is 0 Å². The molecular weight excluding hydrogens is 312 g/mol. The Balaban J connectivity index is 1.70. The molecule has 2 saturated heterocycles. The van der Waals surface area contributed by atoms with Crippen LogP contribution in [0, 0.1) is 5.41 Å². The van der Waals surface area contributed by atoms with Crippen molar-refractivity contribution >= 4 is 11.8 Å². The highest BCUT2D eigenvalue weighted by Crippen LogP contribution is 2.45. The molecule has 1 atom stereocenters. The van der Waals surface area contributed by atoms with Gasteiger partial charge in [-0.05, 0) is 37.2 Å². The molecule has 25 heavy (non-hydrogen) atoms. The van der Waals surface area contributed by atoms with E-state index in [0.717, 1.165) is 44.5 Å². The summed E-state index contributed by atoms with van der Waals surface area (Å²) in [5.41, 5.74) is 1.26. The summed E-state index contributed by atoms with van der Waals surface area (Å²) in [6, 6.07) is 10.1. The van der Waals surface area contributed by atoms with Crippen LogP contribution in [0.15, 0.2) is 42.5 Å². The molecule has 1 aromatic rings. The molecule has 0 bridgehead atoms. The average Bonchev–Trinajstić information content (AvgIpc) is 2.64. The molecule has 0 saturated carbocycles. The van der Waals surface area contributed by atoms with Crippen LogP contribution in [0.4, 0.5) is 0 Å². The van der Waals surface area contributed by atoms with E-state index in [9.17, 15) is 9.59 Å². The lowest BCUT2D eigenvalue weighted by Gasteiger charge is -2.49. The van der Waals surface area contributed by atoms with Crippen LogP contribution in [0.25, 0.3) is 0 Å². The highest BCUT2D eigenvalue weighted by molar-refractivity contribution is 5.84. The zero-order valence-corrected chi connectivity index (χ0v) is 15.3.